The first-order valence-electron chi connectivity index (χ1n) is 7.01. The maximum absolute atomic E-state index is 10.1. The third-order valence-corrected chi connectivity index (χ3v) is 4.76. The van der Waals surface area contributed by atoms with Crippen molar-refractivity contribution < 1.29 is 9.52 Å². The van der Waals surface area contributed by atoms with Crippen molar-refractivity contribution in [1.29, 1.82) is 0 Å². The maximum atomic E-state index is 10.1. The van der Waals surface area contributed by atoms with Crippen LogP contribution in [0.15, 0.2) is 22.8 Å². The molecule has 2 aliphatic carbocycles. The SMILES string of the molecule is OC(CCc1ccco1)CC1CC2CCC1C2. The molecule has 17 heavy (non-hydrogen) atoms. The van der Waals surface area contributed by atoms with Gasteiger partial charge in [-0.25, -0.2) is 0 Å². The molecule has 2 saturated carbocycles. The maximum Gasteiger partial charge on any atom is 0.103 e. The van der Waals surface area contributed by atoms with Gasteiger partial charge in [-0.1, -0.05) is 6.42 Å². The van der Waals surface area contributed by atoms with E-state index in [9.17, 15) is 5.11 Å². The number of aryl methyl sites for hydroxylation is 1. The van der Waals surface area contributed by atoms with E-state index < -0.39 is 0 Å². The highest BCUT2D eigenvalue weighted by molar-refractivity contribution is 4.98. The Labute approximate surface area is 103 Å². The Morgan fingerprint density at radius 2 is 2.29 bits per heavy atom. The van der Waals surface area contributed by atoms with Gasteiger partial charge in [-0.05, 0) is 62.0 Å². The Bertz CT molecular complexity index is 344. The molecule has 4 unspecified atom stereocenters. The van der Waals surface area contributed by atoms with Crippen LogP contribution in [-0.2, 0) is 6.42 Å². The van der Waals surface area contributed by atoms with Crippen LogP contribution in [-0.4, -0.2) is 11.2 Å². The van der Waals surface area contributed by atoms with E-state index in [0.29, 0.717) is 0 Å². The number of rotatable bonds is 5. The fraction of sp³-hybridized carbons (Fsp3) is 0.733. The first-order valence-corrected chi connectivity index (χ1v) is 7.01. The highest BCUT2D eigenvalue weighted by Gasteiger charge is 2.39. The monoisotopic (exact) mass is 234 g/mol. The summed E-state index contributed by atoms with van der Waals surface area (Å²) in [6, 6.07) is 3.90. The van der Waals surface area contributed by atoms with E-state index in [1.807, 2.05) is 12.1 Å². The van der Waals surface area contributed by atoms with Crippen LogP contribution in [0.1, 0.15) is 44.3 Å². The summed E-state index contributed by atoms with van der Waals surface area (Å²) in [5.41, 5.74) is 0. The molecule has 1 heterocycles. The molecule has 0 spiro atoms. The van der Waals surface area contributed by atoms with Crippen LogP contribution in [0.5, 0.6) is 0 Å². The van der Waals surface area contributed by atoms with Crippen molar-refractivity contribution in [2.24, 2.45) is 17.8 Å². The second-order valence-corrected chi connectivity index (χ2v) is 5.94. The number of hydrogen-bond acceptors (Lipinski definition) is 2. The number of hydrogen-bond donors (Lipinski definition) is 1. The summed E-state index contributed by atoms with van der Waals surface area (Å²) >= 11 is 0. The predicted octanol–water partition coefficient (Wildman–Crippen LogP) is 3.40. The smallest absolute Gasteiger partial charge is 0.103 e. The lowest BCUT2D eigenvalue weighted by molar-refractivity contribution is 0.115. The molecule has 2 nitrogen and oxygen atoms in total. The van der Waals surface area contributed by atoms with E-state index in [0.717, 1.165) is 42.8 Å². The van der Waals surface area contributed by atoms with Gasteiger partial charge in [0.05, 0.1) is 12.4 Å². The Morgan fingerprint density at radius 1 is 1.35 bits per heavy atom. The third kappa shape index (κ3) is 2.57. The van der Waals surface area contributed by atoms with E-state index in [-0.39, 0.29) is 6.10 Å². The second-order valence-electron chi connectivity index (χ2n) is 5.94. The molecule has 1 aromatic heterocycles. The van der Waals surface area contributed by atoms with Gasteiger partial charge >= 0.3 is 0 Å². The first kappa shape index (κ1) is 11.3. The summed E-state index contributed by atoms with van der Waals surface area (Å²) in [7, 11) is 0. The topological polar surface area (TPSA) is 33.4 Å². The molecule has 1 N–H and O–H groups in total. The molecule has 94 valence electrons. The van der Waals surface area contributed by atoms with Crippen LogP contribution in [0.2, 0.25) is 0 Å². The summed E-state index contributed by atoms with van der Waals surface area (Å²) in [6.07, 6.45) is 9.99. The molecule has 2 heteroatoms. The lowest BCUT2D eigenvalue weighted by Crippen LogP contribution is -2.19. The fourth-order valence-corrected chi connectivity index (χ4v) is 3.90. The summed E-state index contributed by atoms with van der Waals surface area (Å²) in [4.78, 5) is 0. The lowest BCUT2D eigenvalue weighted by Gasteiger charge is -2.24. The van der Waals surface area contributed by atoms with E-state index in [1.54, 1.807) is 6.26 Å². The fourth-order valence-electron chi connectivity index (χ4n) is 3.90. The van der Waals surface area contributed by atoms with Crippen LogP contribution in [0.25, 0.3) is 0 Å². The number of aliphatic hydroxyl groups is 1. The highest BCUT2D eigenvalue weighted by atomic mass is 16.3. The van der Waals surface area contributed by atoms with Crippen LogP contribution in [0.3, 0.4) is 0 Å². The van der Waals surface area contributed by atoms with Crippen LogP contribution < -0.4 is 0 Å². The number of furan rings is 1. The zero-order valence-electron chi connectivity index (χ0n) is 10.3. The average Bonchev–Trinajstić information content (AvgIpc) is 3.03. The molecule has 0 aliphatic heterocycles. The normalized spacial score (nSPS) is 33.1. The van der Waals surface area contributed by atoms with Crippen molar-refractivity contribution in [2.75, 3.05) is 0 Å². The molecule has 2 aliphatic rings. The van der Waals surface area contributed by atoms with Crippen molar-refractivity contribution in [1.82, 2.24) is 0 Å². The van der Waals surface area contributed by atoms with Crippen LogP contribution >= 0.6 is 0 Å². The van der Waals surface area contributed by atoms with Crippen LogP contribution in [0.4, 0.5) is 0 Å². The standard InChI is InChI=1S/C15H22O2/c16-14(5-6-15-2-1-7-17-15)10-13-9-11-3-4-12(13)8-11/h1-2,7,11-14,16H,3-6,8-10H2. The van der Waals surface area contributed by atoms with E-state index >= 15 is 0 Å². The van der Waals surface area contributed by atoms with Gasteiger partial charge < -0.3 is 9.52 Å². The molecular formula is C15H22O2. The van der Waals surface area contributed by atoms with Gasteiger partial charge in [0.15, 0.2) is 0 Å². The number of fused-ring (bicyclic) bond motifs is 2. The van der Waals surface area contributed by atoms with Crippen molar-refractivity contribution in [3.63, 3.8) is 0 Å². The molecule has 3 rings (SSSR count). The zero-order chi connectivity index (χ0) is 11.7. The van der Waals surface area contributed by atoms with Gasteiger partial charge in [0.1, 0.15) is 5.76 Å². The molecular weight excluding hydrogens is 212 g/mol. The van der Waals surface area contributed by atoms with Gasteiger partial charge in [0.25, 0.3) is 0 Å². The van der Waals surface area contributed by atoms with E-state index in [1.165, 1.54) is 25.7 Å². The van der Waals surface area contributed by atoms with Gasteiger partial charge in [-0.2, -0.15) is 0 Å². The molecule has 0 aromatic carbocycles. The quantitative estimate of drug-likeness (QED) is 0.847. The Kier molecular flexibility index (Phi) is 3.24. The average molecular weight is 234 g/mol. The predicted molar refractivity (Wildman–Crippen MR) is 66.6 cm³/mol. The minimum atomic E-state index is -0.135. The number of aliphatic hydroxyl groups excluding tert-OH is 1. The molecule has 2 bridgehead atoms. The molecule has 4 atom stereocenters. The third-order valence-electron chi connectivity index (χ3n) is 4.76. The molecule has 2 fully saturated rings. The first-order chi connectivity index (χ1) is 8.31. The van der Waals surface area contributed by atoms with Crippen molar-refractivity contribution in [3.8, 4) is 0 Å². The largest absolute Gasteiger partial charge is 0.469 e. The van der Waals surface area contributed by atoms with Crippen molar-refractivity contribution in [3.05, 3.63) is 24.2 Å². The highest BCUT2D eigenvalue weighted by Crippen LogP contribution is 2.50. The Morgan fingerprint density at radius 3 is 2.94 bits per heavy atom. The summed E-state index contributed by atoms with van der Waals surface area (Å²) in [6.45, 7) is 0. The minimum Gasteiger partial charge on any atom is -0.469 e. The molecule has 0 radical (unpaired) electrons. The second kappa shape index (κ2) is 4.85. The Hall–Kier alpha value is -0.760. The van der Waals surface area contributed by atoms with Gasteiger partial charge in [-0.3, -0.25) is 0 Å². The summed E-state index contributed by atoms with van der Waals surface area (Å²) in [5.74, 6) is 3.72. The minimum absolute atomic E-state index is 0.135. The van der Waals surface area contributed by atoms with Crippen molar-refractivity contribution >= 4 is 0 Å². The van der Waals surface area contributed by atoms with Crippen molar-refractivity contribution in [2.45, 2.75) is 51.0 Å². The lowest BCUT2D eigenvalue weighted by atomic mass is 9.84. The summed E-state index contributed by atoms with van der Waals surface area (Å²) < 4.78 is 5.29. The van der Waals surface area contributed by atoms with Gasteiger partial charge in [-0.15, -0.1) is 0 Å². The van der Waals surface area contributed by atoms with E-state index in [4.69, 9.17) is 4.42 Å². The molecule has 0 saturated heterocycles. The van der Waals surface area contributed by atoms with Crippen LogP contribution in [0, 0.1) is 17.8 Å². The van der Waals surface area contributed by atoms with Gasteiger partial charge in [0.2, 0.25) is 0 Å². The molecule has 0 amide bonds. The van der Waals surface area contributed by atoms with E-state index in [2.05, 4.69) is 0 Å². The van der Waals surface area contributed by atoms with Gasteiger partial charge in [0, 0.05) is 6.42 Å². The molecule has 1 aromatic rings. The summed E-state index contributed by atoms with van der Waals surface area (Å²) in [5, 5.41) is 10.1. The Balaban J connectivity index is 1.43. The zero-order valence-corrected chi connectivity index (χ0v) is 10.3.